The molecule has 1 N–H and O–H groups in total. The van der Waals surface area contributed by atoms with Gasteiger partial charge in [-0.15, -0.1) is 0 Å². The predicted molar refractivity (Wildman–Crippen MR) is 114 cm³/mol. The molecule has 0 bridgehead atoms. The van der Waals surface area contributed by atoms with Gasteiger partial charge in [0.05, 0.1) is 0 Å². The Morgan fingerprint density at radius 2 is 1.69 bits per heavy atom. The van der Waals surface area contributed by atoms with Crippen LogP contribution >= 0.6 is 0 Å². The van der Waals surface area contributed by atoms with Crippen LogP contribution in [0.3, 0.4) is 0 Å². The maximum Gasteiger partial charge on any atom is 0.243 e. The van der Waals surface area contributed by atoms with Crippen LogP contribution in [0.15, 0.2) is 54.6 Å². The van der Waals surface area contributed by atoms with Crippen LogP contribution in [0, 0.1) is 5.82 Å². The molecule has 2 atom stereocenters. The van der Waals surface area contributed by atoms with Gasteiger partial charge in [-0.1, -0.05) is 62.4 Å². The molecule has 156 valence electrons. The maximum absolute atomic E-state index is 14.3. The van der Waals surface area contributed by atoms with Gasteiger partial charge in [0.25, 0.3) is 0 Å². The topological polar surface area (TPSA) is 49.4 Å². The standard InChI is InChI=1S/C24H31FN2O2/c1-4-11-23(28)27(17-20-14-9-10-15-21(20)25)22(24(29)26-18(3)5-2)16-19-12-7-6-8-13-19/h6-10,12-15,18,22H,4-5,11,16-17H2,1-3H3,(H,26,29). The summed E-state index contributed by atoms with van der Waals surface area (Å²) in [4.78, 5) is 27.7. The second kappa shape index (κ2) is 11.3. The van der Waals surface area contributed by atoms with Crippen LogP contribution in [0.4, 0.5) is 4.39 Å². The number of halogens is 1. The lowest BCUT2D eigenvalue weighted by molar-refractivity contribution is -0.141. The van der Waals surface area contributed by atoms with E-state index in [0.29, 0.717) is 24.8 Å². The average molecular weight is 399 g/mol. The van der Waals surface area contributed by atoms with Crippen LogP contribution in [-0.4, -0.2) is 28.8 Å². The predicted octanol–water partition coefficient (Wildman–Crippen LogP) is 4.48. The monoisotopic (exact) mass is 398 g/mol. The van der Waals surface area contributed by atoms with Crippen LogP contribution in [0.1, 0.15) is 51.2 Å². The zero-order valence-electron chi connectivity index (χ0n) is 17.5. The molecular formula is C24H31FN2O2. The van der Waals surface area contributed by atoms with Gasteiger partial charge in [-0.05, 0) is 31.4 Å². The third-order valence-electron chi connectivity index (χ3n) is 5.03. The molecule has 0 aliphatic rings. The van der Waals surface area contributed by atoms with E-state index < -0.39 is 6.04 Å². The highest BCUT2D eigenvalue weighted by Crippen LogP contribution is 2.18. The van der Waals surface area contributed by atoms with Crippen molar-refractivity contribution < 1.29 is 14.0 Å². The van der Waals surface area contributed by atoms with Gasteiger partial charge in [-0.2, -0.15) is 0 Å². The summed E-state index contributed by atoms with van der Waals surface area (Å²) in [6.45, 7) is 5.92. The van der Waals surface area contributed by atoms with E-state index >= 15 is 0 Å². The summed E-state index contributed by atoms with van der Waals surface area (Å²) in [5, 5.41) is 3.00. The number of rotatable bonds is 10. The Balaban J connectivity index is 2.39. The molecule has 0 radical (unpaired) electrons. The summed E-state index contributed by atoms with van der Waals surface area (Å²) in [5.41, 5.74) is 1.37. The smallest absolute Gasteiger partial charge is 0.243 e. The van der Waals surface area contributed by atoms with Crippen LogP contribution < -0.4 is 5.32 Å². The molecule has 0 aromatic heterocycles. The molecule has 2 aromatic carbocycles. The second-order valence-corrected chi connectivity index (χ2v) is 7.39. The Morgan fingerprint density at radius 1 is 1.03 bits per heavy atom. The van der Waals surface area contributed by atoms with Crippen LogP contribution in [0.25, 0.3) is 0 Å². The van der Waals surface area contributed by atoms with Gasteiger partial charge < -0.3 is 10.2 Å². The molecule has 0 fully saturated rings. The highest BCUT2D eigenvalue weighted by atomic mass is 19.1. The normalized spacial score (nSPS) is 12.8. The summed E-state index contributed by atoms with van der Waals surface area (Å²) in [6.07, 6.45) is 2.15. The highest BCUT2D eigenvalue weighted by Gasteiger charge is 2.30. The lowest BCUT2D eigenvalue weighted by atomic mass is 10.0. The van der Waals surface area contributed by atoms with Crippen molar-refractivity contribution in [1.82, 2.24) is 10.2 Å². The van der Waals surface area contributed by atoms with Crippen molar-refractivity contribution in [3.05, 3.63) is 71.5 Å². The van der Waals surface area contributed by atoms with Crippen molar-refractivity contribution in [3.63, 3.8) is 0 Å². The SMILES string of the molecule is CCCC(=O)N(Cc1ccccc1F)C(Cc1ccccc1)C(=O)NC(C)CC. The third-order valence-corrected chi connectivity index (χ3v) is 5.03. The van der Waals surface area contributed by atoms with Gasteiger partial charge >= 0.3 is 0 Å². The average Bonchev–Trinajstić information content (AvgIpc) is 2.72. The zero-order chi connectivity index (χ0) is 21.2. The molecule has 2 amide bonds. The molecule has 2 unspecified atom stereocenters. The van der Waals surface area contributed by atoms with Crippen molar-refractivity contribution in [2.75, 3.05) is 0 Å². The van der Waals surface area contributed by atoms with E-state index in [0.717, 1.165) is 12.0 Å². The minimum Gasteiger partial charge on any atom is -0.352 e. The number of nitrogens with one attached hydrogen (secondary N) is 1. The fraction of sp³-hybridized carbons (Fsp3) is 0.417. The number of nitrogens with zero attached hydrogens (tertiary/aromatic N) is 1. The number of amides is 2. The van der Waals surface area contributed by atoms with Crippen molar-refractivity contribution in [1.29, 1.82) is 0 Å². The summed E-state index contributed by atoms with van der Waals surface area (Å²) in [6, 6.07) is 15.3. The number of hydrogen-bond acceptors (Lipinski definition) is 2. The van der Waals surface area contributed by atoms with E-state index in [1.54, 1.807) is 18.2 Å². The number of hydrogen-bond donors (Lipinski definition) is 1. The van der Waals surface area contributed by atoms with Crippen molar-refractivity contribution in [2.45, 2.75) is 65.1 Å². The van der Waals surface area contributed by atoms with E-state index in [-0.39, 0.29) is 30.2 Å². The molecule has 0 saturated carbocycles. The van der Waals surface area contributed by atoms with Gasteiger partial charge in [-0.25, -0.2) is 4.39 Å². The number of benzene rings is 2. The molecule has 0 saturated heterocycles. The molecule has 0 aliphatic carbocycles. The Bertz CT molecular complexity index is 794. The summed E-state index contributed by atoms with van der Waals surface area (Å²) in [7, 11) is 0. The summed E-state index contributed by atoms with van der Waals surface area (Å²) < 4.78 is 14.3. The fourth-order valence-corrected chi connectivity index (χ4v) is 3.16. The summed E-state index contributed by atoms with van der Waals surface area (Å²) in [5.74, 6) is -0.720. The Labute approximate surface area is 173 Å². The first-order valence-corrected chi connectivity index (χ1v) is 10.3. The number of carbonyl (C=O) groups is 2. The molecular weight excluding hydrogens is 367 g/mol. The Morgan fingerprint density at radius 3 is 2.31 bits per heavy atom. The molecule has 4 nitrogen and oxygen atoms in total. The first kappa shape index (κ1) is 22.6. The van der Waals surface area contributed by atoms with E-state index in [4.69, 9.17) is 0 Å². The Kier molecular flexibility index (Phi) is 8.84. The van der Waals surface area contributed by atoms with E-state index in [1.807, 2.05) is 51.1 Å². The van der Waals surface area contributed by atoms with Crippen molar-refractivity contribution in [2.24, 2.45) is 0 Å². The molecule has 0 aliphatic heterocycles. The fourth-order valence-electron chi connectivity index (χ4n) is 3.16. The minimum atomic E-state index is -0.704. The summed E-state index contributed by atoms with van der Waals surface area (Å²) >= 11 is 0. The number of carbonyl (C=O) groups excluding carboxylic acids is 2. The van der Waals surface area contributed by atoms with Crippen molar-refractivity contribution >= 4 is 11.8 Å². The minimum absolute atomic E-state index is 0.00244. The lowest BCUT2D eigenvalue weighted by Gasteiger charge is -2.32. The maximum atomic E-state index is 14.3. The van der Waals surface area contributed by atoms with Gasteiger partial charge in [0, 0.05) is 31.0 Å². The second-order valence-electron chi connectivity index (χ2n) is 7.39. The molecule has 2 rings (SSSR count). The van der Waals surface area contributed by atoms with E-state index in [1.165, 1.54) is 11.0 Å². The van der Waals surface area contributed by atoms with Gasteiger partial charge in [0.2, 0.25) is 11.8 Å². The molecule has 5 heteroatoms. The van der Waals surface area contributed by atoms with Crippen LogP contribution in [0.5, 0.6) is 0 Å². The van der Waals surface area contributed by atoms with Crippen LogP contribution in [0.2, 0.25) is 0 Å². The van der Waals surface area contributed by atoms with E-state index in [2.05, 4.69) is 5.32 Å². The first-order valence-electron chi connectivity index (χ1n) is 10.3. The third kappa shape index (κ3) is 6.70. The first-order chi connectivity index (χ1) is 14.0. The van der Waals surface area contributed by atoms with Gasteiger partial charge in [0.15, 0.2) is 0 Å². The van der Waals surface area contributed by atoms with E-state index in [9.17, 15) is 14.0 Å². The molecule has 0 heterocycles. The van der Waals surface area contributed by atoms with Gasteiger partial charge in [-0.3, -0.25) is 9.59 Å². The largest absolute Gasteiger partial charge is 0.352 e. The molecule has 0 spiro atoms. The lowest BCUT2D eigenvalue weighted by Crippen LogP contribution is -2.52. The van der Waals surface area contributed by atoms with Crippen LogP contribution in [-0.2, 0) is 22.6 Å². The zero-order valence-corrected chi connectivity index (χ0v) is 17.5. The Hall–Kier alpha value is -2.69. The highest BCUT2D eigenvalue weighted by molar-refractivity contribution is 5.88. The quantitative estimate of drug-likeness (QED) is 0.641. The van der Waals surface area contributed by atoms with Gasteiger partial charge in [0.1, 0.15) is 11.9 Å². The molecule has 29 heavy (non-hydrogen) atoms. The molecule has 2 aromatic rings. The van der Waals surface area contributed by atoms with Crippen molar-refractivity contribution in [3.8, 4) is 0 Å².